The number of aryl methyl sites for hydroxylation is 1. The number of carbonyl (C=O) groups is 1. The Kier molecular flexibility index (Phi) is 4.46. The fourth-order valence-corrected chi connectivity index (χ4v) is 1.56. The summed E-state index contributed by atoms with van der Waals surface area (Å²) in [5, 5.41) is 0. The third kappa shape index (κ3) is 2.81. The Labute approximate surface area is 96.0 Å². The van der Waals surface area contributed by atoms with E-state index in [0.717, 1.165) is 11.3 Å². The summed E-state index contributed by atoms with van der Waals surface area (Å²) in [7, 11) is 3.25. The van der Waals surface area contributed by atoms with Crippen LogP contribution in [0, 0.1) is 6.92 Å². The second-order valence-corrected chi connectivity index (χ2v) is 3.75. The van der Waals surface area contributed by atoms with Crippen LogP contribution in [-0.2, 0) is 9.53 Å². The molecule has 0 spiro atoms. The first-order valence-electron chi connectivity index (χ1n) is 5.15. The highest BCUT2D eigenvalue weighted by atomic mass is 16.5. The highest BCUT2D eigenvalue weighted by molar-refractivity contribution is 5.97. The van der Waals surface area contributed by atoms with E-state index in [1.165, 1.54) is 7.11 Å². The minimum atomic E-state index is -0.616. The van der Waals surface area contributed by atoms with Crippen LogP contribution in [0.4, 0.5) is 5.69 Å². The third-order valence-corrected chi connectivity index (χ3v) is 2.47. The van der Waals surface area contributed by atoms with Gasteiger partial charge in [-0.3, -0.25) is 4.79 Å². The van der Waals surface area contributed by atoms with Crippen LogP contribution in [0.3, 0.4) is 0 Å². The molecule has 0 heterocycles. The molecule has 4 nitrogen and oxygen atoms in total. The average Bonchev–Trinajstić information content (AvgIpc) is 2.28. The van der Waals surface area contributed by atoms with Gasteiger partial charge in [0.15, 0.2) is 0 Å². The number of hydrogen-bond donors (Lipinski definition) is 1. The number of nitrogens with two attached hydrogens (primary N) is 1. The largest absolute Gasteiger partial charge is 0.383 e. The van der Waals surface area contributed by atoms with E-state index >= 15 is 0 Å². The Morgan fingerprint density at radius 3 is 2.69 bits per heavy atom. The van der Waals surface area contributed by atoms with Crippen LogP contribution < -0.4 is 10.6 Å². The summed E-state index contributed by atoms with van der Waals surface area (Å²) in [6.07, 6.45) is 0. The fraction of sp³-hybridized carbons (Fsp3) is 0.417. The molecule has 0 aliphatic heterocycles. The van der Waals surface area contributed by atoms with Gasteiger partial charge in [-0.25, -0.2) is 0 Å². The molecule has 0 fully saturated rings. The summed E-state index contributed by atoms with van der Waals surface area (Å²) in [6.45, 7) is 2.19. The van der Waals surface area contributed by atoms with E-state index in [4.69, 9.17) is 10.5 Å². The Balaban J connectivity index is 2.82. The summed E-state index contributed by atoms with van der Waals surface area (Å²) in [6, 6.07) is 7.07. The number of hydrogen-bond acceptors (Lipinski definition) is 3. The van der Waals surface area contributed by atoms with Crippen molar-refractivity contribution in [1.82, 2.24) is 0 Å². The first-order chi connectivity index (χ1) is 7.57. The normalized spacial score (nSPS) is 12.2. The summed E-state index contributed by atoms with van der Waals surface area (Å²) in [5.41, 5.74) is 7.62. The second-order valence-electron chi connectivity index (χ2n) is 3.75. The molecule has 0 aliphatic carbocycles. The van der Waals surface area contributed by atoms with Crippen molar-refractivity contribution < 1.29 is 9.53 Å². The summed E-state index contributed by atoms with van der Waals surface area (Å²) >= 11 is 0. The van der Waals surface area contributed by atoms with Gasteiger partial charge in [0.1, 0.15) is 6.04 Å². The minimum Gasteiger partial charge on any atom is -0.383 e. The van der Waals surface area contributed by atoms with Crippen LogP contribution in [0.15, 0.2) is 24.3 Å². The number of rotatable bonds is 4. The van der Waals surface area contributed by atoms with E-state index in [1.54, 1.807) is 11.9 Å². The van der Waals surface area contributed by atoms with Crippen molar-refractivity contribution in [2.75, 3.05) is 25.7 Å². The molecular formula is C12H18N2O2. The van der Waals surface area contributed by atoms with Crippen molar-refractivity contribution in [3.05, 3.63) is 29.8 Å². The molecule has 0 radical (unpaired) electrons. The summed E-state index contributed by atoms with van der Waals surface area (Å²) < 4.78 is 4.87. The number of likely N-dealkylation sites (N-methyl/N-ethyl adjacent to an activating group) is 1. The van der Waals surface area contributed by atoms with Crippen LogP contribution in [0.5, 0.6) is 0 Å². The van der Waals surface area contributed by atoms with E-state index in [2.05, 4.69) is 0 Å². The van der Waals surface area contributed by atoms with Gasteiger partial charge in [-0.05, 0) is 18.6 Å². The van der Waals surface area contributed by atoms with Crippen molar-refractivity contribution in [3.8, 4) is 0 Å². The third-order valence-electron chi connectivity index (χ3n) is 2.47. The Morgan fingerprint density at radius 2 is 2.12 bits per heavy atom. The van der Waals surface area contributed by atoms with E-state index in [9.17, 15) is 4.79 Å². The summed E-state index contributed by atoms with van der Waals surface area (Å²) in [4.78, 5) is 13.5. The van der Waals surface area contributed by atoms with Gasteiger partial charge in [-0.2, -0.15) is 0 Å². The number of anilines is 1. The number of benzene rings is 1. The van der Waals surface area contributed by atoms with Crippen LogP contribution in [-0.4, -0.2) is 32.7 Å². The molecule has 1 unspecified atom stereocenters. The molecule has 0 bridgehead atoms. The Bertz CT molecular complexity index is 366. The van der Waals surface area contributed by atoms with E-state index in [0.29, 0.717) is 0 Å². The fourth-order valence-electron chi connectivity index (χ4n) is 1.56. The van der Waals surface area contributed by atoms with Crippen molar-refractivity contribution in [1.29, 1.82) is 0 Å². The zero-order valence-electron chi connectivity index (χ0n) is 9.93. The lowest BCUT2D eigenvalue weighted by Crippen LogP contribution is -2.44. The average molecular weight is 222 g/mol. The monoisotopic (exact) mass is 222 g/mol. The number of methoxy groups -OCH3 is 1. The highest BCUT2D eigenvalue weighted by Crippen LogP contribution is 2.18. The molecule has 2 N–H and O–H groups in total. The van der Waals surface area contributed by atoms with Gasteiger partial charge >= 0.3 is 0 Å². The first-order valence-corrected chi connectivity index (χ1v) is 5.15. The predicted molar refractivity (Wildman–Crippen MR) is 64.4 cm³/mol. The van der Waals surface area contributed by atoms with E-state index < -0.39 is 6.04 Å². The topological polar surface area (TPSA) is 55.6 Å². The summed E-state index contributed by atoms with van der Waals surface area (Å²) in [5.74, 6) is -0.142. The molecule has 1 amide bonds. The lowest BCUT2D eigenvalue weighted by atomic mass is 10.1. The molecule has 1 aromatic carbocycles. The van der Waals surface area contributed by atoms with E-state index in [-0.39, 0.29) is 12.5 Å². The quantitative estimate of drug-likeness (QED) is 0.824. The number of amides is 1. The van der Waals surface area contributed by atoms with Crippen molar-refractivity contribution >= 4 is 11.6 Å². The van der Waals surface area contributed by atoms with Gasteiger partial charge in [0.05, 0.1) is 6.61 Å². The molecule has 0 saturated heterocycles. The lowest BCUT2D eigenvalue weighted by molar-refractivity contribution is -0.120. The SMILES string of the molecule is COCC(N)C(=O)N(C)c1ccccc1C. The predicted octanol–water partition coefficient (Wildman–Crippen LogP) is 0.932. The zero-order chi connectivity index (χ0) is 12.1. The maximum Gasteiger partial charge on any atom is 0.246 e. The number of ether oxygens (including phenoxy) is 1. The number of para-hydroxylation sites is 1. The highest BCUT2D eigenvalue weighted by Gasteiger charge is 2.19. The number of nitrogens with zero attached hydrogens (tertiary/aromatic N) is 1. The molecule has 16 heavy (non-hydrogen) atoms. The van der Waals surface area contributed by atoms with Crippen LogP contribution in [0.1, 0.15) is 5.56 Å². The van der Waals surface area contributed by atoms with Crippen LogP contribution in [0.25, 0.3) is 0 Å². The molecule has 88 valence electrons. The number of carbonyl (C=O) groups excluding carboxylic acids is 1. The maximum absolute atomic E-state index is 11.9. The van der Waals surface area contributed by atoms with Crippen molar-refractivity contribution in [3.63, 3.8) is 0 Å². The van der Waals surface area contributed by atoms with Gasteiger partial charge in [0.2, 0.25) is 5.91 Å². The van der Waals surface area contributed by atoms with Gasteiger partial charge in [0.25, 0.3) is 0 Å². The van der Waals surface area contributed by atoms with Crippen molar-refractivity contribution in [2.45, 2.75) is 13.0 Å². The van der Waals surface area contributed by atoms with Gasteiger partial charge in [-0.15, -0.1) is 0 Å². The standard InChI is InChI=1S/C12H18N2O2/c1-9-6-4-5-7-11(9)14(2)12(15)10(13)8-16-3/h4-7,10H,8,13H2,1-3H3. The molecular weight excluding hydrogens is 204 g/mol. The zero-order valence-corrected chi connectivity index (χ0v) is 9.93. The molecule has 1 atom stereocenters. The smallest absolute Gasteiger partial charge is 0.246 e. The molecule has 0 aromatic heterocycles. The minimum absolute atomic E-state index is 0.142. The molecule has 1 aromatic rings. The van der Waals surface area contributed by atoms with Crippen LogP contribution >= 0.6 is 0 Å². The lowest BCUT2D eigenvalue weighted by Gasteiger charge is -2.22. The maximum atomic E-state index is 11.9. The van der Waals surface area contributed by atoms with Gasteiger partial charge in [0, 0.05) is 19.8 Å². The van der Waals surface area contributed by atoms with Gasteiger partial charge < -0.3 is 15.4 Å². The first kappa shape index (κ1) is 12.7. The molecule has 0 aliphatic rings. The van der Waals surface area contributed by atoms with Crippen molar-refractivity contribution in [2.24, 2.45) is 5.73 Å². The Morgan fingerprint density at radius 1 is 1.50 bits per heavy atom. The van der Waals surface area contributed by atoms with E-state index in [1.807, 2.05) is 31.2 Å². The van der Waals surface area contributed by atoms with Crippen LogP contribution in [0.2, 0.25) is 0 Å². The second kappa shape index (κ2) is 5.63. The molecule has 1 rings (SSSR count). The Hall–Kier alpha value is -1.39. The molecule has 0 saturated carbocycles. The van der Waals surface area contributed by atoms with Gasteiger partial charge in [-0.1, -0.05) is 18.2 Å². The molecule has 4 heteroatoms.